The van der Waals surface area contributed by atoms with Gasteiger partial charge < -0.3 is 10.0 Å². The number of aromatic carboxylic acids is 1. The van der Waals surface area contributed by atoms with Crippen molar-refractivity contribution in [2.45, 2.75) is 6.42 Å². The van der Waals surface area contributed by atoms with Gasteiger partial charge in [-0.2, -0.15) is 12.6 Å². The minimum absolute atomic E-state index is 0.0366. The summed E-state index contributed by atoms with van der Waals surface area (Å²) in [6, 6.07) is 4.83. The summed E-state index contributed by atoms with van der Waals surface area (Å²) in [5.41, 5.74) is 0.886. The molecule has 1 aliphatic heterocycles. The van der Waals surface area contributed by atoms with Crippen molar-refractivity contribution in [3.8, 4) is 0 Å². The maximum atomic E-state index is 11.9. The van der Waals surface area contributed by atoms with Gasteiger partial charge in [-0.15, -0.1) is 0 Å². The maximum Gasteiger partial charge on any atom is 0.335 e. The van der Waals surface area contributed by atoms with Crippen molar-refractivity contribution in [1.29, 1.82) is 0 Å². The summed E-state index contributed by atoms with van der Waals surface area (Å²) in [6.07, 6.45) is 0.483. The Balaban J connectivity index is 2.35. The van der Waals surface area contributed by atoms with Crippen LogP contribution in [0.25, 0.3) is 0 Å². The van der Waals surface area contributed by atoms with Crippen molar-refractivity contribution in [3.63, 3.8) is 0 Å². The molecule has 1 saturated heterocycles. The number of nitrogens with zero attached hydrogens (tertiary/aromatic N) is 1. The number of hydrogen-bond acceptors (Lipinski definition) is 3. The van der Waals surface area contributed by atoms with Crippen LogP contribution in [0.2, 0.25) is 0 Å². The monoisotopic (exact) mass is 377 g/mol. The number of benzene rings is 1. The molecule has 1 amide bonds. The van der Waals surface area contributed by atoms with Gasteiger partial charge in [-0.25, -0.2) is 4.79 Å². The average molecular weight is 377 g/mol. The Morgan fingerprint density at radius 3 is 2.83 bits per heavy atom. The molecule has 1 heterocycles. The van der Waals surface area contributed by atoms with Crippen molar-refractivity contribution in [1.82, 2.24) is 0 Å². The second-order valence-electron chi connectivity index (χ2n) is 4.23. The SMILES string of the molecule is O=C(O)c1ccc(I)c(N2CC(CS)CC2=O)c1. The van der Waals surface area contributed by atoms with Gasteiger partial charge in [0, 0.05) is 16.5 Å². The van der Waals surface area contributed by atoms with Crippen LogP contribution in [0.15, 0.2) is 18.2 Å². The third-order valence-electron chi connectivity index (χ3n) is 2.95. The highest BCUT2D eigenvalue weighted by molar-refractivity contribution is 14.1. The first-order valence-electron chi connectivity index (χ1n) is 5.47. The smallest absolute Gasteiger partial charge is 0.335 e. The molecule has 0 saturated carbocycles. The number of rotatable bonds is 3. The van der Waals surface area contributed by atoms with Crippen LogP contribution in [0.3, 0.4) is 0 Å². The molecule has 0 spiro atoms. The molecule has 0 aliphatic carbocycles. The summed E-state index contributed by atoms with van der Waals surface area (Å²) >= 11 is 6.33. The van der Waals surface area contributed by atoms with Gasteiger partial charge in [0.25, 0.3) is 0 Å². The zero-order chi connectivity index (χ0) is 13.3. The van der Waals surface area contributed by atoms with Gasteiger partial charge >= 0.3 is 5.97 Å². The normalized spacial score (nSPS) is 19.3. The van der Waals surface area contributed by atoms with Gasteiger partial charge in [0.05, 0.1) is 11.3 Å². The summed E-state index contributed by atoms with van der Waals surface area (Å²) in [7, 11) is 0. The Morgan fingerprint density at radius 2 is 2.28 bits per heavy atom. The lowest BCUT2D eigenvalue weighted by molar-refractivity contribution is -0.117. The Kier molecular flexibility index (Phi) is 4.16. The molecule has 0 bridgehead atoms. The molecule has 1 aromatic carbocycles. The molecule has 1 atom stereocenters. The number of carboxylic acids is 1. The Hall–Kier alpha value is -0.760. The molecule has 1 unspecified atom stereocenters. The molecule has 18 heavy (non-hydrogen) atoms. The van der Waals surface area contributed by atoms with Gasteiger partial charge in [0.1, 0.15) is 0 Å². The van der Waals surface area contributed by atoms with Gasteiger partial charge in [0.2, 0.25) is 5.91 Å². The number of halogens is 1. The maximum absolute atomic E-state index is 11.9. The second-order valence-corrected chi connectivity index (χ2v) is 5.76. The zero-order valence-electron chi connectivity index (χ0n) is 9.47. The summed E-state index contributed by atoms with van der Waals surface area (Å²) in [6.45, 7) is 0.613. The zero-order valence-corrected chi connectivity index (χ0v) is 12.5. The number of carboxylic acid groups (broad SMARTS) is 1. The largest absolute Gasteiger partial charge is 0.478 e. The lowest BCUT2D eigenvalue weighted by atomic mass is 10.1. The van der Waals surface area contributed by atoms with E-state index in [2.05, 4.69) is 35.2 Å². The van der Waals surface area contributed by atoms with E-state index in [1.165, 1.54) is 0 Å². The van der Waals surface area contributed by atoms with Crippen LogP contribution in [0, 0.1) is 9.49 Å². The summed E-state index contributed by atoms with van der Waals surface area (Å²) in [5, 5.41) is 8.99. The Morgan fingerprint density at radius 1 is 1.56 bits per heavy atom. The molecular weight excluding hydrogens is 365 g/mol. The molecular formula is C12H12INO3S. The van der Waals surface area contributed by atoms with Crippen LogP contribution >= 0.6 is 35.2 Å². The van der Waals surface area contributed by atoms with E-state index in [4.69, 9.17) is 5.11 Å². The van der Waals surface area contributed by atoms with E-state index in [0.717, 1.165) is 3.57 Å². The number of carbonyl (C=O) groups excluding carboxylic acids is 1. The van der Waals surface area contributed by atoms with Crippen molar-refractivity contribution >= 4 is 52.8 Å². The third-order valence-corrected chi connectivity index (χ3v) is 4.38. The van der Waals surface area contributed by atoms with Crippen LogP contribution in [0.5, 0.6) is 0 Å². The summed E-state index contributed by atoms with van der Waals surface area (Å²) in [4.78, 5) is 24.5. The quantitative estimate of drug-likeness (QED) is 0.628. The van der Waals surface area contributed by atoms with E-state index >= 15 is 0 Å². The fourth-order valence-electron chi connectivity index (χ4n) is 1.99. The number of anilines is 1. The minimum Gasteiger partial charge on any atom is -0.478 e. The van der Waals surface area contributed by atoms with E-state index in [-0.39, 0.29) is 17.4 Å². The predicted octanol–water partition coefficient (Wildman–Crippen LogP) is 2.27. The third kappa shape index (κ3) is 2.64. The van der Waals surface area contributed by atoms with Crippen LogP contribution in [-0.2, 0) is 4.79 Å². The van der Waals surface area contributed by atoms with Gasteiger partial charge in [-0.3, -0.25) is 4.79 Å². The fraction of sp³-hybridized carbons (Fsp3) is 0.333. The van der Waals surface area contributed by atoms with Gasteiger partial charge in [0.15, 0.2) is 0 Å². The molecule has 0 radical (unpaired) electrons. The molecule has 1 fully saturated rings. The van der Waals surface area contributed by atoms with E-state index in [0.29, 0.717) is 24.4 Å². The lowest BCUT2D eigenvalue weighted by Gasteiger charge is -2.18. The van der Waals surface area contributed by atoms with Gasteiger partial charge in [-0.05, 0) is 52.5 Å². The molecule has 96 valence electrons. The van der Waals surface area contributed by atoms with Crippen molar-refractivity contribution < 1.29 is 14.7 Å². The fourth-order valence-corrected chi connectivity index (χ4v) is 2.86. The predicted molar refractivity (Wildman–Crippen MR) is 80.4 cm³/mol. The van der Waals surface area contributed by atoms with Gasteiger partial charge in [-0.1, -0.05) is 0 Å². The highest BCUT2D eigenvalue weighted by Crippen LogP contribution is 2.30. The van der Waals surface area contributed by atoms with Crippen molar-refractivity contribution in [3.05, 3.63) is 27.3 Å². The molecule has 1 N–H and O–H groups in total. The molecule has 0 aromatic heterocycles. The van der Waals surface area contributed by atoms with Crippen LogP contribution in [-0.4, -0.2) is 29.3 Å². The Bertz CT molecular complexity index is 506. The number of carbonyl (C=O) groups is 2. The highest BCUT2D eigenvalue weighted by atomic mass is 127. The van der Waals surface area contributed by atoms with E-state index in [1.54, 1.807) is 23.1 Å². The van der Waals surface area contributed by atoms with E-state index in [9.17, 15) is 9.59 Å². The van der Waals surface area contributed by atoms with Crippen molar-refractivity contribution in [2.75, 3.05) is 17.2 Å². The number of thiol groups is 1. The van der Waals surface area contributed by atoms with Crippen molar-refractivity contribution in [2.24, 2.45) is 5.92 Å². The van der Waals surface area contributed by atoms with Crippen LogP contribution in [0.1, 0.15) is 16.8 Å². The topological polar surface area (TPSA) is 57.6 Å². The number of amides is 1. The first-order valence-corrected chi connectivity index (χ1v) is 7.18. The second kappa shape index (κ2) is 5.48. The van der Waals surface area contributed by atoms with E-state index in [1.807, 2.05) is 0 Å². The summed E-state index contributed by atoms with van der Waals surface area (Å²) < 4.78 is 0.880. The first kappa shape index (κ1) is 13.7. The van der Waals surface area contributed by atoms with Crippen LogP contribution in [0.4, 0.5) is 5.69 Å². The first-order chi connectivity index (χ1) is 8.52. The molecule has 1 aliphatic rings. The standard InChI is InChI=1S/C12H12INO3S/c13-9-2-1-8(12(16)17)4-10(9)14-5-7(6-18)3-11(14)15/h1-2,4,7,18H,3,5-6H2,(H,16,17). The number of hydrogen-bond donors (Lipinski definition) is 2. The molecule has 1 aromatic rings. The molecule has 4 nitrogen and oxygen atoms in total. The Labute approximate surface area is 124 Å². The molecule has 2 rings (SSSR count). The molecule has 6 heteroatoms. The highest BCUT2D eigenvalue weighted by Gasteiger charge is 2.31. The average Bonchev–Trinajstić information content (AvgIpc) is 2.71. The minimum atomic E-state index is -0.981. The lowest BCUT2D eigenvalue weighted by Crippen LogP contribution is -2.25. The van der Waals surface area contributed by atoms with E-state index < -0.39 is 5.97 Å². The van der Waals surface area contributed by atoms with Crippen LogP contribution < -0.4 is 4.90 Å². The summed E-state index contributed by atoms with van der Waals surface area (Å²) in [5.74, 6) is -0.0399.